The molecule has 4 rings (SSSR count). The Kier molecular flexibility index (Phi) is 2.74. The highest BCUT2D eigenvalue weighted by Gasteiger charge is 2.20. The van der Waals surface area contributed by atoms with E-state index in [1.54, 1.807) is 4.80 Å². The molecule has 2 N–H and O–H groups in total. The van der Waals surface area contributed by atoms with Crippen molar-refractivity contribution >= 4 is 10.9 Å². The fraction of sp³-hybridized carbons (Fsp3) is 0.357. The van der Waals surface area contributed by atoms with E-state index in [1.807, 2.05) is 24.4 Å². The summed E-state index contributed by atoms with van der Waals surface area (Å²) in [4.78, 5) is 4.86. The molecule has 3 heterocycles. The molecule has 1 atom stereocenters. The van der Waals surface area contributed by atoms with E-state index in [0.717, 1.165) is 41.9 Å². The van der Waals surface area contributed by atoms with E-state index in [9.17, 15) is 0 Å². The van der Waals surface area contributed by atoms with Gasteiger partial charge < -0.3 is 10.3 Å². The highest BCUT2D eigenvalue weighted by Crippen LogP contribution is 2.22. The molecule has 6 nitrogen and oxygen atoms in total. The van der Waals surface area contributed by atoms with Crippen molar-refractivity contribution in [1.82, 2.24) is 30.5 Å². The summed E-state index contributed by atoms with van der Waals surface area (Å²) in [6, 6.07) is 8.13. The molecule has 0 aliphatic carbocycles. The van der Waals surface area contributed by atoms with Crippen molar-refractivity contribution in [2.24, 2.45) is 0 Å². The van der Waals surface area contributed by atoms with Gasteiger partial charge >= 0.3 is 0 Å². The zero-order chi connectivity index (χ0) is 13.4. The maximum Gasteiger partial charge on any atom is 0.179 e. The van der Waals surface area contributed by atoms with E-state index >= 15 is 0 Å². The van der Waals surface area contributed by atoms with Crippen molar-refractivity contribution in [1.29, 1.82) is 0 Å². The Labute approximate surface area is 116 Å². The van der Waals surface area contributed by atoms with Crippen LogP contribution >= 0.6 is 0 Å². The summed E-state index contributed by atoms with van der Waals surface area (Å²) in [6.45, 7) is 2.03. The fourth-order valence-corrected chi connectivity index (χ4v) is 2.78. The molecule has 0 amide bonds. The molecule has 0 radical (unpaired) electrons. The average Bonchev–Trinajstić information content (AvgIpc) is 3.14. The number of H-pyrrole nitrogens is 1. The van der Waals surface area contributed by atoms with Gasteiger partial charge in [0.1, 0.15) is 5.69 Å². The fourth-order valence-electron chi connectivity index (χ4n) is 2.78. The average molecular weight is 268 g/mol. The van der Waals surface area contributed by atoms with Crippen LogP contribution in [0.3, 0.4) is 0 Å². The van der Waals surface area contributed by atoms with Crippen LogP contribution in [0.2, 0.25) is 0 Å². The molecule has 1 aromatic carbocycles. The highest BCUT2D eigenvalue weighted by atomic mass is 15.6. The van der Waals surface area contributed by atoms with Crippen LogP contribution in [-0.4, -0.2) is 38.3 Å². The van der Waals surface area contributed by atoms with Gasteiger partial charge in [0.2, 0.25) is 0 Å². The quantitative estimate of drug-likeness (QED) is 0.740. The zero-order valence-electron chi connectivity index (χ0n) is 11.1. The molecule has 1 aliphatic heterocycles. The Morgan fingerprint density at radius 1 is 1.25 bits per heavy atom. The summed E-state index contributed by atoms with van der Waals surface area (Å²) < 4.78 is 0. The topological polar surface area (TPSA) is 71.4 Å². The van der Waals surface area contributed by atoms with Gasteiger partial charge in [-0.05, 0) is 30.7 Å². The number of aromatic amines is 1. The number of hydrogen-bond donors (Lipinski definition) is 2. The van der Waals surface area contributed by atoms with Crippen LogP contribution in [-0.2, 0) is 0 Å². The Hall–Kier alpha value is -2.21. The third-order valence-electron chi connectivity index (χ3n) is 3.87. The molecule has 2 aromatic heterocycles. The van der Waals surface area contributed by atoms with Crippen LogP contribution < -0.4 is 5.32 Å². The predicted octanol–water partition coefficient (Wildman–Crippen LogP) is 1.61. The van der Waals surface area contributed by atoms with Gasteiger partial charge in [-0.3, -0.25) is 0 Å². The minimum absolute atomic E-state index is 0.378. The van der Waals surface area contributed by atoms with Gasteiger partial charge in [0.25, 0.3) is 0 Å². The number of fused-ring (bicyclic) bond motifs is 1. The number of nitrogens with one attached hydrogen (secondary N) is 2. The summed E-state index contributed by atoms with van der Waals surface area (Å²) in [5.41, 5.74) is 2.03. The van der Waals surface area contributed by atoms with E-state index in [-0.39, 0.29) is 0 Å². The van der Waals surface area contributed by atoms with Crippen LogP contribution in [0.1, 0.15) is 24.6 Å². The smallest absolute Gasteiger partial charge is 0.179 e. The minimum Gasteiger partial charge on any atom is -0.359 e. The lowest BCUT2D eigenvalue weighted by Crippen LogP contribution is -2.29. The summed E-state index contributed by atoms with van der Waals surface area (Å²) in [5, 5.41) is 17.5. The highest BCUT2D eigenvalue weighted by molar-refractivity contribution is 5.87. The maximum atomic E-state index is 4.56. The first kappa shape index (κ1) is 11.6. The first-order valence-corrected chi connectivity index (χ1v) is 6.99. The summed E-state index contributed by atoms with van der Waals surface area (Å²) >= 11 is 0. The molecule has 20 heavy (non-hydrogen) atoms. The SMILES string of the molecule is c1ccc2c(-n3nnc(C4CCCNC4)n3)c[nH]c2c1. The van der Waals surface area contributed by atoms with Crippen LogP contribution in [0.25, 0.3) is 16.6 Å². The molecule has 0 bridgehead atoms. The summed E-state index contributed by atoms with van der Waals surface area (Å²) in [7, 11) is 0. The maximum absolute atomic E-state index is 4.56. The van der Waals surface area contributed by atoms with E-state index in [4.69, 9.17) is 0 Å². The second-order valence-corrected chi connectivity index (χ2v) is 5.20. The van der Waals surface area contributed by atoms with Gasteiger partial charge in [-0.15, -0.1) is 15.0 Å². The molecule has 102 valence electrons. The molecule has 0 spiro atoms. The van der Waals surface area contributed by atoms with Gasteiger partial charge in [0, 0.05) is 29.6 Å². The van der Waals surface area contributed by atoms with Crippen molar-refractivity contribution in [3.05, 3.63) is 36.3 Å². The second kappa shape index (κ2) is 4.72. The normalized spacial score (nSPS) is 19.5. The van der Waals surface area contributed by atoms with Crippen LogP contribution in [0, 0.1) is 0 Å². The summed E-state index contributed by atoms with van der Waals surface area (Å²) in [5.74, 6) is 1.21. The molecular formula is C14H16N6. The standard InChI is InChI=1S/C14H16N6/c1-2-6-12-11(5-1)13(9-16-12)20-18-14(17-19-20)10-4-3-7-15-8-10/h1-2,5-6,9-10,15-16H,3-4,7-8H2. The van der Waals surface area contributed by atoms with E-state index in [2.05, 4.69) is 31.8 Å². The molecule has 6 heteroatoms. The third-order valence-corrected chi connectivity index (χ3v) is 3.87. The number of hydrogen-bond acceptors (Lipinski definition) is 4. The Morgan fingerprint density at radius 2 is 2.20 bits per heavy atom. The van der Waals surface area contributed by atoms with Gasteiger partial charge in [0.15, 0.2) is 5.82 Å². The van der Waals surface area contributed by atoms with Crippen LogP contribution in [0.4, 0.5) is 0 Å². The number of benzene rings is 1. The second-order valence-electron chi connectivity index (χ2n) is 5.20. The first-order valence-electron chi connectivity index (χ1n) is 6.99. The van der Waals surface area contributed by atoms with E-state index in [0.29, 0.717) is 5.92 Å². The van der Waals surface area contributed by atoms with Gasteiger partial charge in [-0.1, -0.05) is 18.2 Å². The van der Waals surface area contributed by atoms with Crippen molar-refractivity contribution < 1.29 is 0 Å². The van der Waals surface area contributed by atoms with Crippen molar-refractivity contribution in [3.8, 4) is 5.69 Å². The van der Waals surface area contributed by atoms with E-state index < -0.39 is 0 Å². The summed E-state index contributed by atoms with van der Waals surface area (Å²) in [6.07, 6.45) is 4.23. The molecule has 1 unspecified atom stereocenters. The van der Waals surface area contributed by atoms with Crippen LogP contribution in [0.5, 0.6) is 0 Å². The number of para-hydroxylation sites is 1. The van der Waals surface area contributed by atoms with Crippen molar-refractivity contribution in [2.75, 3.05) is 13.1 Å². The Bertz CT molecular complexity index is 722. The van der Waals surface area contributed by atoms with E-state index in [1.165, 1.54) is 6.42 Å². The first-order chi connectivity index (χ1) is 9.92. The van der Waals surface area contributed by atoms with Gasteiger partial charge in [-0.2, -0.15) is 0 Å². The number of tetrazole rings is 1. The molecule has 1 aliphatic rings. The Balaban J connectivity index is 1.70. The monoisotopic (exact) mass is 268 g/mol. The molecule has 1 saturated heterocycles. The number of aromatic nitrogens is 5. The Morgan fingerprint density at radius 3 is 3.10 bits per heavy atom. The number of rotatable bonds is 2. The lowest BCUT2D eigenvalue weighted by Gasteiger charge is -2.19. The van der Waals surface area contributed by atoms with Crippen molar-refractivity contribution in [3.63, 3.8) is 0 Å². The van der Waals surface area contributed by atoms with Gasteiger partial charge in [-0.25, -0.2) is 0 Å². The number of nitrogens with zero attached hydrogens (tertiary/aromatic N) is 4. The molecular weight excluding hydrogens is 252 g/mol. The van der Waals surface area contributed by atoms with Crippen molar-refractivity contribution in [2.45, 2.75) is 18.8 Å². The molecule has 1 fully saturated rings. The lowest BCUT2D eigenvalue weighted by atomic mass is 9.99. The third kappa shape index (κ3) is 1.89. The predicted molar refractivity (Wildman–Crippen MR) is 75.9 cm³/mol. The molecule has 0 saturated carbocycles. The molecule has 3 aromatic rings. The lowest BCUT2D eigenvalue weighted by molar-refractivity contribution is 0.446. The minimum atomic E-state index is 0.378. The zero-order valence-corrected chi connectivity index (χ0v) is 11.1. The number of piperidine rings is 1. The largest absolute Gasteiger partial charge is 0.359 e. The van der Waals surface area contributed by atoms with Crippen LogP contribution in [0.15, 0.2) is 30.5 Å². The van der Waals surface area contributed by atoms with Gasteiger partial charge in [0.05, 0.1) is 0 Å².